The molecule has 28 heavy (non-hydrogen) atoms. The first-order valence-corrected chi connectivity index (χ1v) is 8.44. The molecular formula is C20H20N2O6. The molecule has 0 saturated carbocycles. The number of rotatable bonds is 6. The second-order valence-electron chi connectivity index (χ2n) is 6.15. The molecule has 3 amide bonds. The number of imide groups is 1. The predicted octanol–water partition coefficient (Wildman–Crippen LogP) is 1.87. The quantitative estimate of drug-likeness (QED) is 0.764. The fourth-order valence-corrected chi connectivity index (χ4v) is 3.02. The topological polar surface area (TPSA) is 94.2 Å². The Bertz CT molecular complexity index is 944. The van der Waals surface area contributed by atoms with Crippen LogP contribution >= 0.6 is 0 Å². The Morgan fingerprint density at radius 2 is 1.54 bits per heavy atom. The largest absolute Gasteiger partial charge is 0.493 e. The van der Waals surface area contributed by atoms with Gasteiger partial charge in [0.1, 0.15) is 0 Å². The van der Waals surface area contributed by atoms with Gasteiger partial charge in [-0.2, -0.15) is 0 Å². The molecule has 3 rings (SSSR count). The Morgan fingerprint density at radius 3 is 2.11 bits per heavy atom. The van der Waals surface area contributed by atoms with Crippen molar-refractivity contribution in [3.8, 4) is 17.2 Å². The van der Waals surface area contributed by atoms with Crippen LogP contribution in [0.5, 0.6) is 17.2 Å². The molecule has 1 N–H and O–H groups in total. The monoisotopic (exact) mass is 384 g/mol. The van der Waals surface area contributed by atoms with Crippen molar-refractivity contribution in [2.75, 3.05) is 28.4 Å². The maximum absolute atomic E-state index is 12.5. The molecule has 0 fully saturated rings. The average Bonchev–Trinajstić information content (AvgIpc) is 2.94. The summed E-state index contributed by atoms with van der Waals surface area (Å²) in [4.78, 5) is 37.6. The van der Waals surface area contributed by atoms with E-state index < -0.39 is 5.91 Å². The van der Waals surface area contributed by atoms with Crippen molar-refractivity contribution in [2.45, 2.75) is 6.54 Å². The lowest BCUT2D eigenvalue weighted by atomic mass is 10.1. The fourth-order valence-electron chi connectivity index (χ4n) is 3.02. The third-order valence-electron chi connectivity index (χ3n) is 4.53. The van der Waals surface area contributed by atoms with Crippen LogP contribution in [-0.4, -0.2) is 51.0 Å². The number of methoxy groups -OCH3 is 3. The van der Waals surface area contributed by atoms with E-state index in [4.69, 9.17) is 14.2 Å². The zero-order valence-electron chi connectivity index (χ0n) is 16.0. The van der Waals surface area contributed by atoms with E-state index in [0.29, 0.717) is 28.4 Å². The summed E-state index contributed by atoms with van der Waals surface area (Å²) in [6.45, 7) is 0.208. The normalized spacial score (nSPS) is 12.6. The second-order valence-corrected chi connectivity index (χ2v) is 6.15. The van der Waals surface area contributed by atoms with Gasteiger partial charge in [-0.1, -0.05) is 0 Å². The van der Waals surface area contributed by atoms with E-state index in [0.717, 1.165) is 10.5 Å². The van der Waals surface area contributed by atoms with Gasteiger partial charge in [0.05, 0.1) is 32.5 Å². The standard InChI is InChI=1S/C20H20N2O6/c1-22-19(24)13-6-5-12(9-14(13)20(22)25)18(23)21-10-11-7-15(26-2)17(28-4)16(8-11)27-3/h5-9H,10H2,1-4H3,(H,21,23). The van der Waals surface area contributed by atoms with Crippen LogP contribution in [-0.2, 0) is 6.54 Å². The number of benzene rings is 2. The number of amides is 3. The maximum atomic E-state index is 12.5. The molecule has 0 spiro atoms. The van der Waals surface area contributed by atoms with E-state index in [1.807, 2.05) is 0 Å². The number of nitrogens with zero attached hydrogens (tertiary/aromatic N) is 1. The molecule has 0 unspecified atom stereocenters. The first-order valence-electron chi connectivity index (χ1n) is 8.44. The smallest absolute Gasteiger partial charge is 0.261 e. The Labute approximate surface area is 162 Å². The minimum atomic E-state index is -0.417. The third-order valence-corrected chi connectivity index (χ3v) is 4.53. The van der Waals surface area contributed by atoms with Crippen LogP contribution in [0.2, 0.25) is 0 Å². The molecule has 0 bridgehead atoms. The molecule has 0 aliphatic carbocycles. The number of carbonyl (C=O) groups excluding carboxylic acids is 3. The van der Waals surface area contributed by atoms with E-state index >= 15 is 0 Å². The highest BCUT2D eigenvalue weighted by Gasteiger charge is 2.33. The van der Waals surface area contributed by atoms with Gasteiger partial charge in [0, 0.05) is 19.2 Å². The Hall–Kier alpha value is -3.55. The summed E-state index contributed by atoms with van der Waals surface area (Å²) >= 11 is 0. The number of fused-ring (bicyclic) bond motifs is 1. The number of ether oxygens (including phenoxy) is 3. The van der Waals surface area contributed by atoms with E-state index in [-0.39, 0.29) is 23.9 Å². The summed E-state index contributed by atoms with van der Waals surface area (Å²) in [7, 11) is 5.95. The van der Waals surface area contributed by atoms with Crippen molar-refractivity contribution in [3.05, 3.63) is 52.6 Å². The number of nitrogens with one attached hydrogen (secondary N) is 1. The minimum absolute atomic E-state index is 0.208. The van der Waals surface area contributed by atoms with Crippen molar-refractivity contribution in [1.82, 2.24) is 10.2 Å². The van der Waals surface area contributed by atoms with Crippen molar-refractivity contribution in [3.63, 3.8) is 0 Å². The fraction of sp³-hybridized carbons (Fsp3) is 0.250. The number of hydrogen-bond donors (Lipinski definition) is 1. The molecule has 2 aromatic rings. The molecule has 2 aromatic carbocycles. The lowest BCUT2D eigenvalue weighted by Gasteiger charge is -2.14. The summed E-state index contributed by atoms with van der Waals surface area (Å²) in [5.74, 6) is 0.271. The predicted molar refractivity (Wildman–Crippen MR) is 100 cm³/mol. The highest BCUT2D eigenvalue weighted by Crippen LogP contribution is 2.38. The van der Waals surface area contributed by atoms with Gasteiger partial charge >= 0.3 is 0 Å². The van der Waals surface area contributed by atoms with Gasteiger partial charge in [-0.05, 0) is 35.9 Å². The van der Waals surface area contributed by atoms with E-state index in [1.165, 1.54) is 46.6 Å². The number of hydrogen-bond acceptors (Lipinski definition) is 6. The molecule has 8 heteroatoms. The third kappa shape index (κ3) is 3.24. The zero-order chi connectivity index (χ0) is 20.4. The van der Waals surface area contributed by atoms with Crippen LogP contribution in [0.4, 0.5) is 0 Å². The van der Waals surface area contributed by atoms with Crippen LogP contribution in [0.1, 0.15) is 36.6 Å². The number of carbonyl (C=O) groups is 3. The van der Waals surface area contributed by atoms with E-state index in [2.05, 4.69) is 5.32 Å². The van der Waals surface area contributed by atoms with Gasteiger partial charge in [-0.25, -0.2) is 0 Å². The summed E-state index contributed by atoms with van der Waals surface area (Å²) in [6.07, 6.45) is 0. The molecule has 0 radical (unpaired) electrons. The van der Waals surface area contributed by atoms with E-state index in [1.54, 1.807) is 12.1 Å². The van der Waals surface area contributed by atoms with Gasteiger partial charge in [-0.3, -0.25) is 19.3 Å². The molecule has 0 saturated heterocycles. The molecule has 0 atom stereocenters. The molecule has 1 aliphatic heterocycles. The van der Waals surface area contributed by atoms with Crippen LogP contribution < -0.4 is 19.5 Å². The highest BCUT2D eigenvalue weighted by molar-refractivity contribution is 6.21. The molecule has 1 heterocycles. The summed E-state index contributed by atoms with van der Waals surface area (Å²) < 4.78 is 15.9. The molecule has 1 aliphatic rings. The van der Waals surface area contributed by atoms with Crippen LogP contribution in [0.25, 0.3) is 0 Å². The molecule has 0 aromatic heterocycles. The minimum Gasteiger partial charge on any atom is -0.493 e. The maximum Gasteiger partial charge on any atom is 0.261 e. The summed E-state index contributed by atoms with van der Waals surface area (Å²) in [6, 6.07) is 7.92. The first-order chi connectivity index (χ1) is 13.4. The lowest BCUT2D eigenvalue weighted by Crippen LogP contribution is -2.24. The van der Waals surface area contributed by atoms with Crippen LogP contribution in [0.3, 0.4) is 0 Å². The van der Waals surface area contributed by atoms with Crippen molar-refractivity contribution < 1.29 is 28.6 Å². The molecular weight excluding hydrogens is 364 g/mol. The Morgan fingerprint density at radius 1 is 0.929 bits per heavy atom. The van der Waals surface area contributed by atoms with Gasteiger partial charge in [0.2, 0.25) is 5.75 Å². The lowest BCUT2D eigenvalue weighted by molar-refractivity contribution is 0.0693. The second kappa shape index (κ2) is 7.59. The van der Waals surface area contributed by atoms with Gasteiger partial charge in [0.25, 0.3) is 17.7 Å². The Balaban J connectivity index is 1.79. The summed E-state index contributed by atoms with van der Waals surface area (Å²) in [5.41, 5.74) is 1.57. The van der Waals surface area contributed by atoms with Crippen molar-refractivity contribution in [1.29, 1.82) is 0 Å². The van der Waals surface area contributed by atoms with Crippen LogP contribution in [0.15, 0.2) is 30.3 Å². The molecule has 8 nitrogen and oxygen atoms in total. The Kier molecular flexibility index (Phi) is 5.21. The van der Waals surface area contributed by atoms with Crippen molar-refractivity contribution >= 4 is 17.7 Å². The highest BCUT2D eigenvalue weighted by atomic mass is 16.5. The van der Waals surface area contributed by atoms with Crippen LogP contribution in [0, 0.1) is 0 Å². The SMILES string of the molecule is COc1cc(CNC(=O)c2ccc3c(c2)C(=O)N(C)C3=O)cc(OC)c1OC. The molecule has 146 valence electrons. The summed E-state index contributed by atoms with van der Waals surface area (Å²) in [5, 5.41) is 2.78. The average molecular weight is 384 g/mol. The van der Waals surface area contributed by atoms with Crippen molar-refractivity contribution in [2.24, 2.45) is 0 Å². The van der Waals surface area contributed by atoms with E-state index in [9.17, 15) is 14.4 Å². The first kappa shape index (κ1) is 19.2. The van der Waals surface area contributed by atoms with Gasteiger partial charge in [0.15, 0.2) is 11.5 Å². The zero-order valence-corrected chi connectivity index (χ0v) is 16.0. The van der Waals surface area contributed by atoms with Gasteiger partial charge in [-0.15, -0.1) is 0 Å². The van der Waals surface area contributed by atoms with Gasteiger partial charge < -0.3 is 19.5 Å².